The topological polar surface area (TPSA) is 104 Å². The maximum atomic E-state index is 12.9. The molecule has 0 radical (unpaired) electrons. The van der Waals surface area contributed by atoms with E-state index in [-0.39, 0.29) is 18.0 Å². The van der Waals surface area contributed by atoms with E-state index in [0.29, 0.717) is 24.3 Å². The van der Waals surface area contributed by atoms with Crippen molar-refractivity contribution < 1.29 is 22.4 Å². The van der Waals surface area contributed by atoms with E-state index in [0.717, 1.165) is 87.0 Å². The lowest BCUT2D eigenvalue weighted by atomic mass is 9.91. The van der Waals surface area contributed by atoms with Crippen molar-refractivity contribution in [2.24, 2.45) is 5.92 Å². The largest absolute Gasteiger partial charge is 0.411 e. The Bertz CT molecular complexity index is 1390. The number of ether oxygens (including phenoxy) is 1. The van der Waals surface area contributed by atoms with E-state index in [1.165, 1.54) is 0 Å². The number of aromatic nitrogens is 3. The summed E-state index contributed by atoms with van der Waals surface area (Å²) in [5, 5.41) is 16.4. The van der Waals surface area contributed by atoms with Crippen LogP contribution in [0.1, 0.15) is 38.0 Å². The number of hydrogen-bond acceptors (Lipinski definition) is 10. The molecule has 0 saturated carbocycles. The van der Waals surface area contributed by atoms with Crippen LogP contribution in [-0.4, -0.2) is 108 Å². The van der Waals surface area contributed by atoms with Crippen LogP contribution in [0.4, 0.5) is 19.0 Å². The van der Waals surface area contributed by atoms with E-state index in [9.17, 15) is 13.2 Å². The summed E-state index contributed by atoms with van der Waals surface area (Å²) in [7, 11) is 1.98. The van der Waals surface area contributed by atoms with Crippen molar-refractivity contribution in [3.63, 3.8) is 0 Å². The number of pyridine rings is 1. The molecule has 13 heteroatoms. The summed E-state index contributed by atoms with van der Waals surface area (Å²) in [6.45, 7) is 5.85. The molecule has 44 heavy (non-hydrogen) atoms. The number of alkyl halides is 3. The number of piperidine rings is 1. The van der Waals surface area contributed by atoms with Gasteiger partial charge in [-0.2, -0.15) is 18.2 Å². The van der Waals surface area contributed by atoms with Crippen LogP contribution in [0.25, 0.3) is 22.2 Å². The third-order valence-electron chi connectivity index (χ3n) is 9.28. The molecule has 0 aliphatic carbocycles. The van der Waals surface area contributed by atoms with Gasteiger partial charge in [-0.05, 0) is 63.3 Å². The molecule has 3 fully saturated rings. The van der Waals surface area contributed by atoms with E-state index in [1.54, 1.807) is 6.92 Å². The van der Waals surface area contributed by atoms with Gasteiger partial charge in [-0.15, -0.1) is 0 Å². The first-order valence-electron chi connectivity index (χ1n) is 15.8. The summed E-state index contributed by atoms with van der Waals surface area (Å²) in [6.07, 6.45) is 1.93. The molecule has 3 aliphatic heterocycles. The Kier molecular flexibility index (Phi) is 9.67. The number of aryl methyl sites for hydroxylation is 1. The molecule has 2 aromatic heterocycles. The lowest BCUT2D eigenvalue weighted by Crippen LogP contribution is -2.57. The smallest absolute Gasteiger partial charge is 0.366 e. The molecule has 5 atom stereocenters. The van der Waals surface area contributed by atoms with Crippen LogP contribution in [0.15, 0.2) is 35.0 Å². The molecule has 3 aliphatic rings. The summed E-state index contributed by atoms with van der Waals surface area (Å²) < 4.78 is 49.3. The van der Waals surface area contributed by atoms with E-state index in [2.05, 4.69) is 48.0 Å². The molecule has 0 bridgehead atoms. The molecule has 3 aromatic rings. The summed E-state index contributed by atoms with van der Waals surface area (Å²) >= 11 is 0. The summed E-state index contributed by atoms with van der Waals surface area (Å²) in [5.74, 6) is 1.99. The predicted molar refractivity (Wildman–Crippen MR) is 162 cm³/mol. The van der Waals surface area contributed by atoms with Crippen LogP contribution in [0.3, 0.4) is 0 Å². The van der Waals surface area contributed by atoms with Gasteiger partial charge in [-0.1, -0.05) is 23.7 Å². The van der Waals surface area contributed by atoms with Gasteiger partial charge in [0.25, 0.3) is 0 Å². The third-order valence-corrected chi connectivity index (χ3v) is 9.28. The summed E-state index contributed by atoms with van der Waals surface area (Å²) in [5.41, 5.74) is 0.877. The second-order valence-corrected chi connectivity index (χ2v) is 12.4. The second-order valence-electron chi connectivity index (χ2n) is 12.4. The van der Waals surface area contributed by atoms with Gasteiger partial charge in [-0.3, -0.25) is 15.1 Å². The van der Waals surface area contributed by atoms with Crippen LogP contribution in [0.2, 0.25) is 0 Å². The van der Waals surface area contributed by atoms with Crippen molar-refractivity contribution in [2.45, 2.75) is 69.6 Å². The average molecular weight is 617 g/mol. The highest BCUT2D eigenvalue weighted by atomic mass is 19.4. The molecule has 0 amide bonds. The third kappa shape index (κ3) is 7.34. The maximum Gasteiger partial charge on any atom is 0.411 e. The highest BCUT2D eigenvalue weighted by Gasteiger charge is 2.49. The minimum Gasteiger partial charge on any atom is -0.366 e. The number of benzene rings is 1. The van der Waals surface area contributed by atoms with Crippen LogP contribution in [0, 0.1) is 12.8 Å². The van der Waals surface area contributed by atoms with Gasteiger partial charge in [-0.25, -0.2) is 4.98 Å². The average Bonchev–Trinajstić information content (AvgIpc) is 3.61. The molecule has 0 spiro atoms. The number of unbranched alkanes of at least 4 members (excludes halogenated alkanes) is 1. The van der Waals surface area contributed by atoms with E-state index in [1.807, 2.05) is 25.4 Å². The van der Waals surface area contributed by atoms with Gasteiger partial charge in [0.05, 0.1) is 0 Å². The maximum absolute atomic E-state index is 12.9. The van der Waals surface area contributed by atoms with Gasteiger partial charge >= 0.3 is 6.18 Å². The van der Waals surface area contributed by atoms with Crippen LogP contribution in [0.5, 0.6) is 0 Å². The van der Waals surface area contributed by atoms with Gasteiger partial charge in [0, 0.05) is 74.3 Å². The molecule has 240 valence electrons. The fraction of sp³-hybridized carbons (Fsp3) is 0.645. The van der Waals surface area contributed by atoms with Crippen molar-refractivity contribution in [2.75, 3.05) is 58.2 Å². The standard InChI is InChI=1S/C31H43F3N8O2/c1-20-38-28(40-44-20)22-7-6-21-8-11-36-29(25(21)15-22)39-23(5-3-4-10-35-2)17-41-13-14-42-24(18-41)16-26-27(42)9-12-37-30(26)43-19-31(32,33)34/h6-8,11,15,23-24,26-27,30,35,37H,3-5,9-10,12-14,16-19H2,1-2H3,(H,36,39)/t23-,24?,26?,27?,30?/m0/s1. The lowest BCUT2D eigenvalue weighted by molar-refractivity contribution is -0.197. The number of piperazine rings is 1. The van der Waals surface area contributed by atoms with Crippen molar-refractivity contribution in [1.82, 2.24) is 35.6 Å². The molecule has 3 saturated heterocycles. The van der Waals surface area contributed by atoms with Gasteiger partial charge in [0.2, 0.25) is 11.7 Å². The predicted octanol–water partition coefficient (Wildman–Crippen LogP) is 4.04. The normalized spacial score (nSPS) is 25.2. The minimum atomic E-state index is -4.32. The number of nitrogens with zero attached hydrogens (tertiary/aromatic N) is 5. The first-order chi connectivity index (χ1) is 21.3. The summed E-state index contributed by atoms with van der Waals surface area (Å²) in [4.78, 5) is 14.2. The molecule has 5 heterocycles. The number of rotatable bonds is 12. The fourth-order valence-electron chi connectivity index (χ4n) is 7.31. The van der Waals surface area contributed by atoms with Crippen molar-refractivity contribution in [1.29, 1.82) is 0 Å². The number of anilines is 1. The Balaban J connectivity index is 1.15. The lowest BCUT2D eigenvalue weighted by Gasteiger charge is -2.43. The Morgan fingerprint density at radius 1 is 1.20 bits per heavy atom. The first kappa shape index (κ1) is 31.2. The Morgan fingerprint density at radius 2 is 2.09 bits per heavy atom. The zero-order chi connectivity index (χ0) is 30.7. The monoisotopic (exact) mass is 616 g/mol. The van der Waals surface area contributed by atoms with Crippen LogP contribution < -0.4 is 16.0 Å². The van der Waals surface area contributed by atoms with E-state index < -0.39 is 19.0 Å². The summed E-state index contributed by atoms with van der Waals surface area (Å²) in [6, 6.07) is 8.90. The first-order valence-corrected chi connectivity index (χ1v) is 15.8. The van der Waals surface area contributed by atoms with Crippen LogP contribution in [-0.2, 0) is 4.74 Å². The molecule has 3 N–H and O–H groups in total. The van der Waals surface area contributed by atoms with Crippen molar-refractivity contribution in [3.05, 3.63) is 36.4 Å². The Hall–Kier alpha value is -2.84. The quantitative estimate of drug-likeness (QED) is 0.259. The minimum absolute atomic E-state index is 0.0728. The van der Waals surface area contributed by atoms with E-state index in [4.69, 9.17) is 14.2 Å². The highest BCUT2D eigenvalue weighted by Crippen LogP contribution is 2.39. The molecular formula is C31H43F3N8O2. The number of halogens is 3. The zero-order valence-electron chi connectivity index (χ0n) is 25.4. The van der Waals surface area contributed by atoms with Gasteiger partial charge < -0.3 is 19.9 Å². The molecule has 1 aromatic carbocycles. The van der Waals surface area contributed by atoms with Gasteiger partial charge in [0.15, 0.2) is 0 Å². The Labute approximate surface area is 256 Å². The number of fused-ring (bicyclic) bond motifs is 4. The van der Waals surface area contributed by atoms with E-state index >= 15 is 0 Å². The van der Waals surface area contributed by atoms with Crippen molar-refractivity contribution in [3.8, 4) is 11.4 Å². The molecule has 6 rings (SSSR count). The second kappa shape index (κ2) is 13.7. The molecule has 10 nitrogen and oxygen atoms in total. The van der Waals surface area contributed by atoms with Gasteiger partial charge in [0.1, 0.15) is 18.7 Å². The Morgan fingerprint density at radius 3 is 2.89 bits per heavy atom. The number of nitrogens with one attached hydrogen (secondary N) is 3. The SMILES string of the molecule is CNCCCC[C@@H](CN1CCN2C(CC3C(OCC(F)(F)F)NCCC32)C1)Nc1nccc2ccc(-c3noc(C)n3)cc12. The fourth-order valence-corrected chi connectivity index (χ4v) is 7.31. The molecule has 4 unspecified atom stereocenters. The molecular weight excluding hydrogens is 573 g/mol. The number of hydrogen-bond donors (Lipinski definition) is 3. The zero-order valence-corrected chi connectivity index (χ0v) is 25.4. The highest BCUT2D eigenvalue weighted by molar-refractivity contribution is 5.94. The van der Waals surface area contributed by atoms with Crippen LogP contribution >= 0.6 is 0 Å². The van der Waals surface area contributed by atoms with Crippen molar-refractivity contribution >= 4 is 16.6 Å².